The molecule has 0 spiro atoms. The second-order valence-electron chi connectivity index (χ2n) is 9.37. The molecule has 0 saturated heterocycles. The number of halogens is 2. The number of benzene rings is 2. The third-order valence-corrected chi connectivity index (χ3v) is 8.34. The van der Waals surface area contributed by atoms with Gasteiger partial charge in [-0.05, 0) is 56.2 Å². The lowest BCUT2D eigenvalue weighted by Crippen LogP contribution is -2.30. The largest absolute Gasteiger partial charge is 0.462 e. The van der Waals surface area contributed by atoms with Crippen molar-refractivity contribution in [2.45, 2.75) is 43.9 Å². The number of nitrogens with one attached hydrogen (secondary N) is 1. The van der Waals surface area contributed by atoms with E-state index in [1.807, 2.05) is 30.7 Å². The maximum absolute atomic E-state index is 12.6. The molecule has 1 heterocycles. The lowest BCUT2D eigenvalue weighted by molar-refractivity contribution is -0.146. The van der Waals surface area contributed by atoms with Gasteiger partial charge in [0.15, 0.2) is 15.6 Å². The highest BCUT2D eigenvalue weighted by molar-refractivity contribution is 7.92. The van der Waals surface area contributed by atoms with Gasteiger partial charge < -0.3 is 24.8 Å². The van der Waals surface area contributed by atoms with Crippen LogP contribution in [0.25, 0.3) is 10.9 Å². The van der Waals surface area contributed by atoms with E-state index < -0.39 is 33.2 Å². The first kappa shape index (κ1) is 28.4. The Kier molecular flexibility index (Phi) is 8.75. The predicted octanol–water partition coefficient (Wildman–Crippen LogP) is 3.70. The molecule has 1 aromatic heterocycles. The molecule has 196 valence electrons. The highest BCUT2D eigenvalue weighted by atomic mass is 35.5. The topological polar surface area (TPSA) is 118 Å². The molecule has 3 N–H and O–H groups in total. The molecule has 0 aliphatic rings. The number of nitrogens with zero attached hydrogens (tertiary/aromatic N) is 1. The Bertz CT molecular complexity index is 1360. The van der Waals surface area contributed by atoms with E-state index in [0.717, 1.165) is 22.2 Å². The summed E-state index contributed by atoms with van der Waals surface area (Å²) in [5.41, 5.74) is 2.17. The van der Waals surface area contributed by atoms with Crippen LogP contribution in [-0.2, 0) is 33.0 Å². The quantitative estimate of drug-likeness (QED) is 0.326. The molecule has 0 bridgehead atoms. The number of carbonyl (C=O) groups is 1. The van der Waals surface area contributed by atoms with Crippen LogP contribution in [-0.4, -0.2) is 53.7 Å². The van der Waals surface area contributed by atoms with Crippen LogP contribution in [0.5, 0.6) is 0 Å². The number of rotatable bonds is 10. The van der Waals surface area contributed by atoms with Crippen molar-refractivity contribution in [1.82, 2.24) is 9.88 Å². The molecular weight excluding hydrogens is 527 g/mol. The summed E-state index contributed by atoms with van der Waals surface area (Å²) < 4.78 is 32.0. The van der Waals surface area contributed by atoms with Crippen molar-refractivity contribution in [1.29, 1.82) is 0 Å². The van der Waals surface area contributed by atoms with E-state index in [1.54, 1.807) is 12.1 Å². The molecule has 2 aromatic carbocycles. The summed E-state index contributed by atoms with van der Waals surface area (Å²) in [4.78, 5) is 11.9. The summed E-state index contributed by atoms with van der Waals surface area (Å²) in [6.07, 6.45) is 0. The second-order valence-corrected chi connectivity index (χ2v) is 12.1. The van der Waals surface area contributed by atoms with Crippen molar-refractivity contribution in [2.75, 3.05) is 19.0 Å². The predicted molar refractivity (Wildman–Crippen MR) is 140 cm³/mol. The van der Waals surface area contributed by atoms with Crippen molar-refractivity contribution in [3.05, 3.63) is 63.3 Å². The molecule has 0 aliphatic heterocycles. The SMILES string of the molecule is Cc1cc2c(cc(CN[C@H](CO)c3ccc(S(=O)(=O)CC(=O)OCC(C)(C)O)cc3)n2C)c(Cl)c1Cl. The molecule has 0 saturated carbocycles. The Morgan fingerprint density at radius 2 is 1.81 bits per heavy atom. The van der Waals surface area contributed by atoms with Gasteiger partial charge in [0.1, 0.15) is 6.61 Å². The fraction of sp³-hybridized carbons (Fsp3) is 0.400. The second kappa shape index (κ2) is 11.1. The molecule has 0 radical (unpaired) electrons. The van der Waals surface area contributed by atoms with Crippen LogP contribution in [0.4, 0.5) is 0 Å². The Morgan fingerprint density at radius 3 is 2.39 bits per heavy atom. The van der Waals surface area contributed by atoms with Crippen LogP contribution < -0.4 is 5.32 Å². The Hall–Kier alpha value is -2.14. The zero-order chi connectivity index (χ0) is 26.8. The molecule has 8 nitrogen and oxygen atoms in total. The van der Waals surface area contributed by atoms with E-state index in [2.05, 4.69) is 5.32 Å². The van der Waals surface area contributed by atoms with Crippen LogP contribution in [0, 0.1) is 6.92 Å². The number of fused-ring (bicyclic) bond motifs is 1. The molecule has 11 heteroatoms. The maximum Gasteiger partial charge on any atom is 0.321 e. The number of aliphatic hydroxyl groups excluding tert-OH is 1. The van der Waals surface area contributed by atoms with Crippen LogP contribution in [0.3, 0.4) is 0 Å². The number of hydrogen-bond donors (Lipinski definition) is 3. The van der Waals surface area contributed by atoms with Crippen molar-refractivity contribution in [2.24, 2.45) is 7.05 Å². The third-order valence-electron chi connectivity index (χ3n) is 5.76. The van der Waals surface area contributed by atoms with Crippen LogP contribution in [0.1, 0.15) is 36.7 Å². The highest BCUT2D eigenvalue weighted by Crippen LogP contribution is 2.35. The van der Waals surface area contributed by atoms with Crippen LogP contribution >= 0.6 is 23.2 Å². The molecule has 0 amide bonds. The molecule has 0 unspecified atom stereocenters. The van der Waals surface area contributed by atoms with Crippen molar-refractivity contribution >= 4 is 49.9 Å². The monoisotopic (exact) mass is 556 g/mol. The average molecular weight is 557 g/mol. The maximum atomic E-state index is 12.6. The number of sulfone groups is 1. The number of aryl methyl sites for hydroxylation is 2. The van der Waals surface area contributed by atoms with Gasteiger partial charge in [-0.3, -0.25) is 4.79 Å². The van der Waals surface area contributed by atoms with E-state index in [9.17, 15) is 23.4 Å². The smallest absolute Gasteiger partial charge is 0.321 e. The summed E-state index contributed by atoms with van der Waals surface area (Å²) in [5.74, 6) is -1.78. The van der Waals surface area contributed by atoms with Crippen LogP contribution in [0.2, 0.25) is 10.0 Å². The van der Waals surface area contributed by atoms with Crippen LogP contribution in [0.15, 0.2) is 41.3 Å². The number of aromatic nitrogens is 1. The minimum Gasteiger partial charge on any atom is -0.462 e. The van der Waals surface area contributed by atoms with E-state index in [-0.39, 0.29) is 18.1 Å². The fourth-order valence-corrected chi connectivity index (χ4v) is 5.28. The summed E-state index contributed by atoms with van der Waals surface area (Å²) in [5, 5.41) is 24.7. The zero-order valence-corrected chi connectivity index (χ0v) is 22.8. The Morgan fingerprint density at radius 1 is 1.17 bits per heavy atom. The highest BCUT2D eigenvalue weighted by Gasteiger charge is 2.23. The van der Waals surface area contributed by atoms with Gasteiger partial charge in [0.25, 0.3) is 0 Å². The normalized spacial score (nSPS) is 13.2. The zero-order valence-electron chi connectivity index (χ0n) is 20.5. The van der Waals surface area contributed by atoms with Gasteiger partial charge in [0.05, 0.1) is 33.2 Å². The summed E-state index contributed by atoms with van der Waals surface area (Å²) in [7, 11) is -2.01. The average Bonchev–Trinajstić information content (AvgIpc) is 3.12. The Labute approximate surface area is 220 Å². The molecule has 36 heavy (non-hydrogen) atoms. The fourth-order valence-electron chi connectivity index (χ4n) is 3.71. The van der Waals surface area contributed by atoms with Gasteiger partial charge in [-0.2, -0.15) is 0 Å². The van der Waals surface area contributed by atoms with Crippen molar-refractivity contribution in [3.63, 3.8) is 0 Å². The minimum absolute atomic E-state index is 0.0428. The van der Waals surface area contributed by atoms with E-state index in [4.69, 9.17) is 27.9 Å². The van der Waals surface area contributed by atoms with Gasteiger partial charge >= 0.3 is 5.97 Å². The van der Waals surface area contributed by atoms with E-state index in [0.29, 0.717) is 22.2 Å². The molecule has 3 aromatic rings. The summed E-state index contributed by atoms with van der Waals surface area (Å²) >= 11 is 12.7. The molecule has 0 aliphatic carbocycles. The third kappa shape index (κ3) is 6.59. The van der Waals surface area contributed by atoms with Gasteiger partial charge in [-0.1, -0.05) is 35.3 Å². The van der Waals surface area contributed by atoms with Gasteiger partial charge in [0.2, 0.25) is 0 Å². The molecule has 3 rings (SSSR count). The number of esters is 1. The van der Waals surface area contributed by atoms with Crippen molar-refractivity contribution in [3.8, 4) is 0 Å². The lowest BCUT2D eigenvalue weighted by Gasteiger charge is -2.18. The molecule has 1 atom stereocenters. The van der Waals surface area contributed by atoms with Gasteiger partial charge in [0, 0.05) is 30.2 Å². The molecule has 0 fully saturated rings. The van der Waals surface area contributed by atoms with Crippen molar-refractivity contribution < 1.29 is 28.2 Å². The van der Waals surface area contributed by atoms with Gasteiger partial charge in [-0.25, -0.2) is 8.42 Å². The number of aliphatic hydroxyl groups is 2. The first-order valence-electron chi connectivity index (χ1n) is 11.2. The summed E-state index contributed by atoms with van der Waals surface area (Å²) in [6.45, 7) is 4.68. The lowest BCUT2D eigenvalue weighted by atomic mass is 10.1. The van der Waals surface area contributed by atoms with E-state index >= 15 is 0 Å². The first-order chi connectivity index (χ1) is 16.7. The number of ether oxygens (including phenoxy) is 1. The minimum atomic E-state index is -3.93. The standard InChI is InChI=1S/C25H30Cl2N2O6S/c1-15-9-21-19(24(27)23(15)26)10-17(29(21)4)11-28-20(12-30)16-5-7-18(8-6-16)36(33,34)13-22(31)35-14-25(2,3)32/h5-10,20,28,30,32H,11-14H2,1-4H3/t20-/m1/s1. The summed E-state index contributed by atoms with van der Waals surface area (Å²) in [6, 6.07) is 9.40. The number of hydrogen-bond acceptors (Lipinski definition) is 7. The molecular formula is C25H30Cl2N2O6S. The van der Waals surface area contributed by atoms with Gasteiger partial charge in [-0.15, -0.1) is 0 Å². The Balaban J connectivity index is 1.71. The van der Waals surface area contributed by atoms with E-state index in [1.165, 1.54) is 26.0 Å². The number of carbonyl (C=O) groups excluding carboxylic acids is 1. The first-order valence-corrected chi connectivity index (χ1v) is 13.6.